The molecule has 0 aliphatic rings. The van der Waals surface area contributed by atoms with Crippen molar-refractivity contribution in [3.63, 3.8) is 0 Å². The van der Waals surface area contributed by atoms with Gasteiger partial charge in [0, 0.05) is 11.6 Å². The van der Waals surface area contributed by atoms with E-state index in [1.807, 2.05) is 6.92 Å². The van der Waals surface area contributed by atoms with Crippen LogP contribution in [0.25, 0.3) is 0 Å². The van der Waals surface area contributed by atoms with Crippen LogP contribution < -0.4 is 5.32 Å². The summed E-state index contributed by atoms with van der Waals surface area (Å²) in [5, 5.41) is 3.22. The molecule has 0 aliphatic heterocycles. The molecule has 1 rings (SSSR count). The van der Waals surface area contributed by atoms with E-state index in [1.54, 1.807) is 0 Å². The van der Waals surface area contributed by atoms with Crippen LogP contribution in [-0.4, -0.2) is 6.54 Å². The highest BCUT2D eigenvalue weighted by Gasteiger charge is 2.22. The molecule has 1 aromatic carbocycles. The topological polar surface area (TPSA) is 12.0 Å². The van der Waals surface area contributed by atoms with Crippen LogP contribution in [-0.2, 0) is 0 Å². The molecular weight excluding hydrogens is 220 g/mol. The number of hydrogen-bond acceptors (Lipinski definition) is 1. The summed E-state index contributed by atoms with van der Waals surface area (Å²) in [4.78, 5) is 0. The van der Waals surface area contributed by atoms with E-state index in [4.69, 9.17) is 0 Å². The predicted molar refractivity (Wildman–Crippen MR) is 66.8 cm³/mol. The van der Waals surface area contributed by atoms with E-state index in [0.29, 0.717) is 5.56 Å². The number of nitrogens with one attached hydrogen (secondary N) is 1. The molecule has 0 amide bonds. The first-order chi connectivity index (χ1) is 7.83. The van der Waals surface area contributed by atoms with Crippen molar-refractivity contribution < 1.29 is 8.78 Å². The smallest absolute Gasteiger partial charge is 0.128 e. The Morgan fingerprint density at radius 3 is 2.41 bits per heavy atom. The standard InChI is InChI=1S/C14H21F2N/c1-5-17-13(9-14(2,3)4)11-8-10(15)6-7-12(11)16/h6-8,13,17H,5,9H2,1-4H3. The lowest BCUT2D eigenvalue weighted by Gasteiger charge is -2.27. The van der Waals surface area contributed by atoms with Crippen LogP contribution >= 0.6 is 0 Å². The largest absolute Gasteiger partial charge is 0.310 e. The zero-order valence-corrected chi connectivity index (χ0v) is 11.0. The van der Waals surface area contributed by atoms with Crippen LogP contribution in [0.4, 0.5) is 8.78 Å². The first-order valence-electron chi connectivity index (χ1n) is 6.02. The summed E-state index contributed by atoms with van der Waals surface area (Å²) in [6.07, 6.45) is 0.765. The van der Waals surface area contributed by atoms with Crippen LogP contribution in [0.15, 0.2) is 18.2 Å². The van der Waals surface area contributed by atoms with Crippen molar-refractivity contribution >= 4 is 0 Å². The lowest BCUT2D eigenvalue weighted by atomic mass is 9.85. The molecule has 0 heterocycles. The Bertz CT molecular complexity index is 369. The van der Waals surface area contributed by atoms with E-state index in [1.165, 1.54) is 12.1 Å². The van der Waals surface area contributed by atoms with Gasteiger partial charge >= 0.3 is 0 Å². The number of rotatable bonds is 4. The number of hydrogen-bond donors (Lipinski definition) is 1. The Morgan fingerprint density at radius 2 is 1.88 bits per heavy atom. The van der Waals surface area contributed by atoms with Crippen molar-refractivity contribution in [2.24, 2.45) is 5.41 Å². The second kappa shape index (κ2) is 5.58. The predicted octanol–water partition coefficient (Wildman–Crippen LogP) is 4.05. The van der Waals surface area contributed by atoms with Crippen molar-refractivity contribution in [2.75, 3.05) is 6.54 Å². The third-order valence-electron chi connectivity index (χ3n) is 2.60. The van der Waals surface area contributed by atoms with Gasteiger partial charge in [0.1, 0.15) is 11.6 Å². The zero-order chi connectivity index (χ0) is 13.1. The monoisotopic (exact) mass is 241 g/mol. The fraction of sp³-hybridized carbons (Fsp3) is 0.571. The van der Waals surface area contributed by atoms with Gasteiger partial charge in [-0.15, -0.1) is 0 Å². The van der Waals surface area contributed by atoms with E-state index >= 15 is 0 Å². The van der Waals surface area contributed by atoms with E-state index in [-0.39, 0.29) is 17.3 Å². The average molecular weight is 241 g/mol. The summed E-state index contributed by atoms with van der Waals surface area (Å²) in [5.74, 6) is -0.736. The molecule has 0 radical (unpaired) electrons. The summed E-state index contributed by atoms with van der Waals surface area (Å²) in [7, 11) is 0. The zero-order valence-electron chi connectivity index (χ0n) is 11.0. The minimum Gasteiger partial charge on any atom is -0.310 e. The third-order valence-corrected chi connectivity index (χ3v) is 2.60. The Balaban J connectivity index is 3.00. The molecule has 1 atom stereocenters. The van der Waals surface area contributed by atoms with Gasteiger partial charge < -0.3 is 5.32 Å². The van der Waals surface area contributed by atoms with Crippen molar-refractivity contribution in [1.29, 1.82) is 0 Å². The molecule has 96 valence electrons. The molecule has 0 saturated heterocycles. The molecule has 1 unspecified atom stereocenters. The molecule has 0 spiro atoms. The normalized spacial score (nSPS) is 13.8. The highest BCUT2D eigenvalue weighted by atomic mass is 19.1. The van der Waals surface area contributed by atoms with Gasteiger partial charge in [0.15, 0.2) is 0 Å². The highest BCUT2D eigenvalue weighted by Crippen LogP contribution is 2.30. The van der Waals surface area contributed by atoms with E-state index < -0.39 is 5.82 Å². The minimum atomic E-state index is -0.391. The molecule has 0 aromatic heterocycles. The van der Waals surface area contributed by atoms with Gasteiger partial charge in [-0.05, 0) is 36.6 Å². The number of halogens is 2. The van der Waals surface area contributed by atoms with Gasteiger partial charge in [-0.1, -0.05) is 27.7 Å². The lowest BCUT2D eigenvalue weighted by Crippen LogP contribution is -2.26. The summed E-state index contributed by atoms with van der Waals surface area (Å²) in [6, 6.07) is 3.49. The maximum absolute atomic E-state index is 13.7. The van der Waals surface area contributed by atoms with Crippen molar-refractivity contribution in [1.82, 2.24) is 5.32 Å². The first-order valence-corrected chi connectivity index (χ1v) is 6.02. The van der Waals surface area contributed by atoms with E-state index in [9.17, 15) is 8.78 Å². The lowest BCUT2D eigenvalue weighted by molar-refractivity contribution is 0.309. The van der Waals surface area contributed by atoms with Gasteiger partial charge in [0.2, 0.25) is 0 Å². The van der Waals surface area contributed by atoms with Crippen molar-refractivity contribution in [2.45, 2.75) is 40.2 Å². The SMILES string of the molecule is CCNC(CC(C)(C)C)c1cc(F)ccc1F. The Morgan fingerprint density at radius 1 is 1.24 bits per heavy atom. The number of benzene rings is 1. The van der Waals surface area contributed by atoms with Gasteiger partial charge in [-0.2, -0.15) is 0 Å². The molecule has 0 bridgehead atoms. The molecule has 17 heavy (non-hydrogen) atoms. The molecule has 0 saturated carbocycles. The molecule has 1 nitrogen and oxygen atoms in total. The summed E-state index contributed by atoms with van der Waals surface area (Å²) >= 11 is 0. The Kier molecular flexibility index (Phi) is 4.63. The van der Waals surface area contributed by atoms with Gasteiger partial charge in [-0.25, -0.2) is 8.78 Å². The van der Waals surface area contributed by atoms with Gasteiger partial charge in [-0.3, -0.25) is 0 Å². The molecule has 1 aromatic rings. The Hall–Kier alpha value is -0.960. The van der Waals surface area contributed by atoms with Crippen molar-refractivity contribution in [3.05, 3.63) is 35.4 Å². The van der Waals surface area contributed by atoms with Crippen LogP contribution in [0.5, 0.6) is 0 Å². The quantitative estimate of drug-likeness (QED) is 0.838. The summed E-state index contributed by atoms with van der Waals surface area (Å²) < 4.78 is 26.9. The molecule has 0 aliphatic carbocycles. The van der Waals surface area contributed by atoms with Gasteiger partial charge in [0.25, 0.3) is 0 Å². The molecule has 0 fully saturated rings. The van der Waals surface area contributed by atoms with Crippen molar-refractivity contribution in [3.8, 4) is 0 Å². The minimum absolute atomic E-state index is 0.0611. The van der Waals surface area contributed by atoms with Crippen LogP contribution in [0.3, 0.4) is 0 Å². The van der Waals surface area contributed by atoms with Crippen LogP contribution in [0.2, 0.25) is 0 Å². The fourth-order valence-corrected chi connectivity index (χ4v) is 1.93. The molecule has 3 heteroatoms. The second-order valence-electron chi connectivity index (χ2n) is 5.54. The molecule has 1 N–H and O–H groups in total. The van der Waals surface area contributed by atoms with Crippen LogP contribution in [0.1, 0.15) is 45.7 Å². The second-order valence-corrected chi connectivity index (χ2v) is 5.54. The van der Waals surface area contributed by atoms with Gasteiger partial charge in [0.05, 0.1) is 0 Å². The summed E-state index contributed by atoms with van der Waals surface area (Å²) in [5.41, 5.74) is 0.479. The fourth-order valence-electron chi connectivity index (χ4n) is 1.93. The maximum atomic E-state index is 13.7. The average Bonchev–Trinajstić information content (AvgIpc) is 2.19. The van der Waals surface area contributed by atoms with Crippen LogP contribution in [0, 0.1) is 17.0 Å². The van der Waals surface area contributed by atoms with E-state index in [0.717, 1.165) is 19.0 Å². The first kappa shape index (κ1) is 14.1. The maximum Gasteiger partial charge on any atom is 0.128 e. The van der Waals surface area contributed by atoms with E-state index in [2.05, 4.69) is 26.1 Å². The molecular formula is C14H21F2N. The Labute approximate surface area is 102 Å². The third kappa shape index (κ3) is 4.43. The highest BCUT2D eigenvalue weighted by molar-refractivity contribution is 5.22. The summed E-state index contributed by atoms with van der Waals surface area (Å²) in [6.45, 7) is 8.97.